The highest BCUT2D eigenvalue weighted by Gasteiger charge is 2.24. The van der Waals surface area contributed by atoms with Crippen LogP contribution < -0.4 is 5.32 Å². The zero-order valence-corrected chi connectivity index (χ0v) is 15.2. The van der Waals surface area contributed by atoms with Crippen molar-refractivity contribution in [2.75, 3.05) is 32.8 Å². The fraction of sp³-hybridized carbons (Fsp3) is 0.368. The third-order valence-corrected chi connectivity index (χ3v) is 4.88. The molecule has 1 atom stereocenters. The Bertz CT molecular complexity index is 750. The molecule has 0 bridgehead atoms. The first kappa shape index (κ1) is 18.8. The molecule has 0 radical (unpaired) electrons. The molecule has 0 aliphatic carbocycles. The highest BCUT2D eigenvalue weighted by molar-refractivity contribution is 6.31. The SMILES string of the molecule is O=[N+]([O-])c1cccc(CNCC(c2ccccc2Cl)N2CCOCC2)c1. The largest absolute Gasteiger partial charge is 0.379 e. The van der Waals surface area contributed by atoms with Gasteiger partial charge < -0.3 is 10.1 Å². The molecule has 1 aliphatic rings. The van der Waals surface area contributed by atoms with Gasteiger partial charge in [-0.1, -0.05) is 41.9 Å². The second-order valence-corrected chi connectivity index (χ2v) is 6.65. The number of nitro benzene ring substituents is 1. The van der Waals surface area contributed by atoms with Crippen LogP contribution in [0.1, 0.15) is 17.2 Å². The van der Waals surface area contributed by atoms with Gasteiger partial charge in [0, 0.05) is 49.4 Å². The predicted octanol–water partition coefficient (Wildman–Crippen LogP) is 3.41. The Morgan fingerprint density at radius 1 is 1.19 bits per heavy atom. The zero-order valence-electron chi connectivity index (χ0n) is 14.4. The maximum absolute atomic E-state index is 10.9. The molecule has 0 amide bonds. The fourth-order valence-corrected chi connectivity index (χ4v) is 3.47. The summed E-state index contributed by atoms with van der Waals surface area (Å²) in [6, 6.07) is 14.7. The molecular formula is C19H22ClN3O3. The van der Waals surface area contributed by atoms with E-state index in [-0.39, 0.29) is 16.7 Å². The Hall–Kier alpha value is -1.99. The van der Waals surface area contributed by atoms with Crippen molar-refractivity contribution in [3.8, 4) is 0 Å². The second kappa shape index (κ2) is 9.09. The molecule has 1 fully saturated rings. The van der Waals surface area contributed by atoms with Crippen LogP contribution in [0.5, 0.6) is 0 Å². The number of hydrogen-bond acceptors (Lipinski definition) is 5. The number of rotatable bonds is 7. The van der Waals surface area contributed by atoms with E-state index in [0.29, 0.717) is 26.3 Å². The molecule has 2 aromatic carbocycles. The summed E-state index contributed by atoms with van der Waals surface area (Å²) in [5.74, 6) is 0. The molecule has 7 heteroatoms. The quantitative estimate of drug-likeness (QED) is 0.593. The number of benzene rings is 2. The standard InChI is InChI=1S/C19H22ClN3O3/c20-18-7-2-1-6-17(18)19(22-8-10-26-11-9-22)14-21-13-15-4-3-5-16(12-15)23(24)25/h1-7,12,19,21H,8-11,13-14H2. The minimum atomic E-state index is -0.371. The lowest BCUT2D eigenvalue weighted by molar-refractivity contribution is -0.384. The average Bonchev–Trinajstić information content (AvgIpc) is 2.67. The van der Waals surface area contributed by atoms with Crippen LogP contribution in [-0.4, -0.2) is 42.7 Å². The number of morpholine rings is 1. The Morgan fingerprint density at radius 3 is 2.69 bits per heavy atom. The van der Waals surface area contributed by atoms with Gasteiger partial charge in [-0.2, -0.15) is 0 Å². The van der Waals surface area contributed by atoms with E-state index in [4.69, 9.17) is 16.3 Å². The van der Waals surface area contributed by atoms with E-state index in [9.17, 15) is 10.1 Å². The van der Waals surface area contributed by atoms with Crippen LogP contribution in [0.25, 0.3) is 0 Å². The van der Waals surface area contributed by atoms with Crippen molar-refractivity contribution in [1.29, 1.82) is 0 Å². The highest BCUT2D eigenvalue weighted by Crippen LogP contribution is 2.28. The molecule has 1 N–H and O–H groups in total. The summed E-state index contributed by atoms with van der Waals surface area (Å²) in [5, 5.41) is 15.1. The van der Waals surface area contributed by atoms with Gasteiger partial charge in [-0.15, -0.1) is 0 Å². The van der Waals surface area contributed by atoms with E-state index >= 15 is 0 Å². The minimum absolute atomic E-state index is 0.111. The predicted molar refractivity (Wildman–Crippen MR) is 101 cm³/mol. The van der Waals surface area contributed by atoms with Gasteiger partial charge in [0.05, 0.1) is 18.1 Å². The average molecular weight is 376 g/mol. The van der Waals surface area contributed by atoms with Crippen LogP contribution in [-0.2, 0) is 11.3 Å². The van der Waals surface area contributed by atoms with E-state index in [2.05, 4.69) is 16.3 Å². The molecular weight excluding hydrogens is 354 g/mol. The highest BCUT2D eigenvalue weighted by atomic mass is 35.5. The van der Waals surface area contributed by atoms with Crippen molar-refractivity contribution in [2.24, 2.45) is 0 Å². The second-order valence-electron chi connectivity index (χ2n) is 6.24. The topological polar surface area (TPSA) is 67.6 Å². The van der Waals surface area contributed by atoms with Gasteiger partial charge in [0.25, 0.3) is 5.69 Å². The van der Waals surface area contributed by atoms with E-state index in [1.54, 1.807) is 12.1 Å². The van der Waals surface area contributed by atoms with Crippen molar-refractivity contribution in [2.45, 2.75) is 12.6 Å². The van der Waals surface area contributed by atoms with Crippen LogP contribution >= 0.6 is 11.6 Å². The van der Waals surface area contributed by atoms with Crippen LogP contribution in [0.2, 0.25) is 5.02 Å². The normalized spacial score (nSPS) is 16.3. The summed E-state index contributed by atoms with van der Waals surface area (Å²) < 4.78 is 5.47. The lowest BCUT2D eigenvalue weighted by Crippen LogP contribution is -2.42. The summed E-state index contributed by atoms with van der Waals surface area (Å²) in [6.45, 7) is 4.40. The third kappa shape index (κ3) is 4.80. The summed E-state index contributed by atoms with van der Waals surface area (Å²) in [4.78, 5) is 12.9. The number of halogens is 1. The molecule has 2 aromatic rings. The Kier molecular flexibility index (Phi) is 6.57. The summed E-state index contributed by atoms with van der Waals surface area (Å²) in [7, 11) is 0. The molecule has 6 nitrogen and oxygen atoms in total. The van der Waals surface area contributed by atoms with Gasteiger partial charge in [0.15, 0.2) is 0 Å². The molecule has 0 spiro atoms. The van der Waals surface area contributed by atoms with Crippen molar-refractivity contribution >= 4 is 17.3 Å². The number of hydrogen-bond donors (Lipinski definition) is 1. The zero-order chi connectivity index (χ0) is 18.4. The minimum Gasteiger partial charge on any atom is -0.379 e. The molecule has 0 saturated carbocycles. The molecule has 0 aromatic heterocycles. The number of non-ortho nitro benzene ring substituents is 1. The number of nitrogens with zero attached hydrogens (tertiary/aromatic N) is 2. The Labute approximate surface area is 157 Å². The maximum Gasteiger partial charge on any atom is 0.269 e. The van der Waals surface area contributed by atoms with E-state index < -0.39 is 0 Å². The van der Waals surface area contributed by atoms with Crippen molar-refractivity contribution in [3.63, 3.8) is 0 Å². The van der Waals surface area contributed by atoms with Gasteiger partial charge in [0.1, 0.15) is 0 Å². The van der Waals surface area contributed by atoms with Gasteiger partial charge in [0.2, 0.25) is 0 Å². The first-order valence-electron chi connectivity index (χ1n) is 8.65. The van der Waals surface area contributed by atoms with Gasteiger partial charge >= 0.3 is 0 Å². The molecule has 1 heterocycles. The molecule has 1 saturated heterocycles. The van der Waals surface area contributed by atoms with Crippen molar-refractivity contribution in [1.82, 2.24) is 10.2 Å². The van der Waals surface area contributed by atoms with Crippen LogP contribution in [0.3, 0.4) is 0 Å². The van der Waals surface area contributed by atoms with Gasteiger partial charge in [-0.3, -0.25) is 15.0 Å². The fourth-order valence-electron chi connectivity index (χ4n) is 3.20. The number of nitro groups is 1. The smallest absolute Gasteiger partial charge is 0.269 e. The van der Waals surface area contributed by atoms with E-state index in [0.717, 1.165) is 29.2 Å². The Morgan fingerprint density at radius 2 is 1.96 bits per heavy atom. The van der Waals surface area contributed by atoms with Crippen LogP contribution in [0.15, 0.2) is 48.5 Å². The lowest BCUT2D eigenvalue weighted by atomic mass is 10.0. The molecule has 138 valence electrons. The molecule has 1 aliphatic heterocycles. The summed E-state index contributed by atoms with van der Waals surface area (Å²) in [6.07, 6.45) is 0. The maximum atomic E-state index is 10.9. The van der Waals surface area contributed by atoms with Crippen LogP contribution in [0.4, 0.5) is 5.69 Å². The number of ether oxygens (including phenoxy) is 1. The summed E-state index contributed by atoms with van der Waals surface area (Å²) in [5.41, 5.74) is 2.09. The third-order valence-electron chi connectivity index (χ3n) is 4.54. The van der Waals surface area contributed by atoms with Gasteiger partial charge in [-0.25, -0.2) is 0 Å². The lowest BCUT2D eigenvalue weighted by Gasteiger charge is -2.35. The first-order chi connectivity index (χ1) is 12.6. The summed E-state index contributed by atoms with van der Waals surface area (Å²) >= 11 is 6.43. The van der Waals surface area contributed by atoms with Crippen molar-refractivity contribution in [3.05, 3.63) is 74.8 Å². The molecule has 26 heavy (non-hydrogen) atoms. The number of nitrogens with one attached hydrogen (secondary N) is 1. The monoisotopic (exact) mass is 375 g/mol. The molecule has 1 unspecified atom stereocenters. The van der Waals surface area contributed by atoms with Gasteiger partial charge in [-0.05, 0) is 17.2 Å². The molecule has 3 rings (SSSR count). The van der Waals surface area contributed by atoms with Crippen molar-refractivity contribution < 1.29 is 9.66 Å². The van der Waals surface area contributed by atoms with Crippen LogP contribution in [0, 0.1) is 10.1 Å². The Balaban J connectivity index is 1.69. The van der Waals surface area contributed by atoms with E-state index in [1.807, 2.05) is 24.3 Å². The van der Waals surface area contributed by atoms with E-state index in [1.165, 1.54) is 6.07 Å². The first-order valence-corrected chi connectivity index (χ1v) is 9.03.